The Labute approximate surface area is 112 Å². The molecule has 1 aromatic heterocycles. The van der Waals surface area contributed by atoms with Crippen LogP contribution in [-0.4, -0.2) is 25.7 Å². The number of carbonyl (C=O) groups excluding carboxylic acids is 1. The van der Waals surface area contributed by atoms with Crippen molar-refractivity contribution in [2.45, 2.75) is 0 Å². The minimum absolute atomic E-state index is 0.308. The van der Waals surface area contributed by atoms with Crippen molar-refractivity contribution >= 4 is 22.2 Å². The molecule has 18 heavy (non-hydrogen) atoms. The molecule has 2 rings (SSSR count). The molecule has 0 N–H and O–H groups in total. The fourth-order valence-corrected chi connectivity index (χ4v) is 1.92. The van der Waals surface area contributed by atoms with Gasteiger partial charge < -0.3 is 14.0 Å². The van der Waals surface area contributed by atoms with E-state index in [1.165, 1.54) is 0 Å². The Morgan fingerprint density at radius 3 is 2.61 bits per heavy atom. The SMILES string of the molecule is COc1ccc(-c2noc(Br)c2C=O)cc1OC. The molecular weight excluding hydrogens is 302 g/mol. The standard InChI is InChI=1S/C12H10BrNO4/c1-16-9-4-3-7(5-10(9)17-2)11-8(6-15)12(13)18-14-11/h3-6H,1-2H3. The van der Waals surface area contributed by atoms with Gasteiger partial charge in [-0.2, -0.15) is 0 Å². The number of methoxy groups -OCH3 is 2. The molecule has 0 atom stereocenters. The zero-order valence-electron chi connectivity index (χ0n) is 9.77. The maximum absolute atomic E-state index is 11.0. The molecule has 2 aromatic rings. The van der Waals surface area contributed by atoms with Crippen LogP contribution >= 0.6 is 15.9 Å². The number of benzene rings is 1. The minimum Gasteiger partial charge on any atom is -0.493 e. The van der Waals surface area contributed by atoms with E-state index >= 15 is 0 Å². The highest BCUT2D eigenvalue weighted by Crippen LogP contribution is 2.34. The van der Waals surface area contributed by atoms with Gasteiger partial charge in [-0.05, 0) is 34.1 Å². The maximum atomic E-state index is 11.0. The molecular formula is C12H10BrNO4. The number of nitrogens with zero attached hydrogens (tertiary/aromatic N) is 1. The topological polar surface area (TPSA) is 61.6 Å². The van der Waals surface area contributed by atoms with Crippen molar-refractivity contribution in [2.75, 3.05) is 14.2 Å². The summed E-state index contributed by atoms with van der Waals surface area (Å²) in [4.78, 5) is 11.0. The van der Waals surface area contributed by atoms with Crippen LogP contribution in [0.2, 0.25) is 0 Å². The van der Waals surface area contributed by atoms with Gasteiger partial charge >= 0.3 is 0 Å². The molecule has 0 spiro atoms. The van der Waals surface area contributed by atoms with Gasteiger partial charge in [-0.3, -0.25) is 4.79 Å². The number of carbonyl (C=O) groups is 1. The van der Waals surface area contributed by atoms with Gasteiger partial charge in [0.2, 0.25) is 4.67 Å². The highest BCUT2D eigenvalue weighted by molar-refractivity contribution is 9.10. The summed E-state index contributed by atoms with van der Waals surface area (Å²) >= 11 is 3.12. The Morgan fingerprint density at radius 1 is 1.28 bits per heavy atom. The lowest BCUT2D eigenvalue weighted by Crippen LogP contribution is -1.92. The molecule has 0 aliphatic rings. The van der Waals surface area contributed by atoms with E-state index < -0.39 is 0 Å². The Morgan fingerprint density at radius 2 is 2.00 bits per heavy atom. The van der Waals surface area contributed by atoms with Crippen LogP contribution in [0.4, 0.5) is 0 Å². The van der Waals surface area contributed by atoms with Gasteiger partial charge in [-0.25, -0.2) is 0 Å². The van der Waals surface area contributed by atoms with E-state index in [9.17, 15) is 4.79 Å². The number of halogens is 1. The van der Waals surface area contributed by atoms with E-state index in [1.54, 1.807) is 32.4 Å². The Balaban J connectivity index is 2.54. The molecule has 0 aliphatic carbocycles. The van der Waals surface area contributed by atoms with Crippen LogP contribution in [-0.2, 0) is 0 Å². The van der Waals surface area contributed by atoms with Gasteiger partial charge in [-0.15, -0.1) is 0 Å². The smallest absolute Gasteiger partial charge is 0.213 e. The largest absolute Gasteiger partial charge is 0.493 e. The van der Waals surface area contributed by atoms with Gasteiger partial charge in [0.25, 0.3) is 0 Å². The number of rotatable bonds is 4. The summed E-state index contributed by atoms with van der Waals surface area (Å²) in [7, 11) is 3.10. The molecule has 1 heterocycles. The van der Waals surface area contributed by atoms with E-state index in [-0.39, 0.29) is 0 Å². The second kappa shape index (κ2) is 5.22. The second-order valence-corrected chi connectivity index (χ2v) is 4.13. The number of hydrogen-bond acceptors (Lipinski definition) is 5. The van der Waals surface area contributed by atoms with Crippen LogP contribution < -0.4 is 9.47 Å². The van der Waals surface area contributed by atoms with Crippen molar-refractivity contribution in [2.24, 2.45) is 0 Å². The lowest BCUT2D eigenvalue weighted by Gasteiger charge is -2.08. The third-order valence-electron chi connectivity index (χ3n) is 2.46. The van der Waals surface area contributed by atoms with Crippen molar-refractivity contribution in [1.29, 1.82) is 0 Å². The fraction of sp³-hybridized carbons (Fsp3) is 0.167. The van der Waals surface area contributed by atoms with Crippen LogP contribution in [0.25, 0.3) is 11.3 Å². The zero-order chi connectivity index (χ0) is 13.1. The van der Waals surface area contributed by atoms with Gasteiger partial charge in [0, 0.05) is 5.56 Å². The van der Waals surface area contributed by atoms with Crippen LogP contribution in [0.5, 0.6) is 11.5 Å². The molecule has 0 saturated heterocycles. The van der Waals surface area contributed by atoms with E-state index in [4.69, 9.17) is 14.0 Å². The van der Waals surface area contributed by atoms with Crippen LogP contribution in [0.15, 0.2) is 27.4 Å². The summed E-state index contributed by atoms with van der Waals surface area (Å²) in [6, 6.07) is 5.25. The van der Waals surface area contributed by atoms with Crippen molar-refractivity contribution in [3.05, 3.63) is 28.4 Å². The number of aromatic nitrogens is 1. The van der Waals surface area contributed by atoms with Gasteiger partial charge in [0.15, 0.2) is 17.8 Å². The highest BCUT2D eigenvalue weighted by Gasteiger charge is 2.16. The summed E-state index contributed by atoms with van der Waals surface area (Å²) in [6.07, 6.45) is 0.687. The molecule has 0 fully saturated rings. The molecule has 6 heteroatoms. The van der Waals surface area contributed by atoms with Crippen LogP contribution in [0, 0.1) is 0 Å². The van der Waals surface area contributed by atoms with E-state index in [1.807, 2.05) is 0 Å². The normalized spacial score (nSPS) is 10.2. The summed E-state index contributed by atoms with van der Waals surface area (Å²) in [5.74, 6) is 1.17. The first-order chi connectivity index (χ1) is 8.71. The van der Waals surface area contributed by atoms with Crippen molar-refractivity contribution in [3.63, 3.8) is 0 Å². The maximum Gasteiger partial charge on any atom is 0.213 e. The Bertz CT molecular complexity index is 579. The van der Waals surface area contributed by atoms with E-state index in [0.717, 1.165) is 0 Å². The first-order valence-corrected chi connectivity index (χ1v) is 5.83. The molecule has 0 saturated carbocycles. The predicted molar refractivity (Wildman–Crippen MR) is 68.1 cm³/mol. The third-order valence-corrected chi connectivity index (χ3v) is 3.03. The van der Waals surface area contributed by atoms with E-state index in [0.29, 0.717) is 39.3 Å². The lowest BCUT2D eigenvalue weighted by atomic mass is 10.1. The number of hydrogen-bond donors (Lipinski definition) is 0. The first-order valence-electron chi connectivity index (χ1n) is 5.04. The second-order valence-electron chi connectivity index (χ2n) is 3.41. The van der Waals surface area contributed by atoms with Crippen LogP contribution in [0.1, 0.15) is 10.4 Å². The summed E-state index contributed by atoms with van der Waals surface area (Å²) < 4.78 is 15.6. The molecule has 0 radical (unpaired) electrons. The monoisotopic (exact) mass is 311 g/mol. The lowest BCUT2D eigenvalue weighted by molar-refractivity contribution is 0.112. The van der Waals surface area contributed by atoms with Crippen LogP contribution in [0.3, 0.4) is 0 Å². The Kier molecular flexibility index (Phi) is 3.66. The molecule has 1 aromatic carbocycles. The summed E-state index contributed by atoms with van der Waals surface area (Å²) in [5.41, 5.74) is 1.53. The summed E-state index contributed by atoms with van der Waals surface area (Å²) in [6.45, 7) is 0. The Hall–Kier alpha value is -1.82. The molecule has 0 amide bonds. The number of ether oxygens (including phenoxy) is 2. The molecule has 0 bridgehead atoms. The van der Waals surface area contributed by atoms with Crippen molar-refractivity contribution < 1.29 is 18.8 Å². The molecule has 94 valence electrons. The van der Waals surface area contributed by atoms with Crippen molar-refractivity contribution in [3.8, 4) is 22.8 Å². The predicted octanol–water partition coefficient (Wildman–Crippen LogP) is 2.93. The minimum atomic E-state index is 0.308. The average molecular weight is 312 g/mol. The highest BCUT2D eigenvalue weighted by atomic mass is 79.9. The molecule has 5 nitrogen and oxygen atoms in total. The average Bonchev–Trinajstić information content (AvgIpc) is 2.78. The quantitative estimate of drug-likeness (QED) is 0.812. The number of aldehydes is 1. The van der Waals surface area contributed by atoms with Gasteiger partial charge in [0.1, 0.15) is 5.69 Å². The molecule has 0 aliphatic heterocycles. The van der Waals surface area contributed by atoms with Gasteiger partial charge in [-0.1, -0.05) is 5.16 Å². The third kappa shape index (κ3) is 2.11. The fourth-order valence-electron chi connectivity index (χ4n) is 1.57. The van der Waals surface area contributed by atoms with E-state index in [2.05, 4.69) is 21.1 Å². The van der Waals surface area contributed by atoms with Gasteiger partial charge in [0.05, 0.1) is 19.8 Å². The summed E-state index contributed by atoms with van der Waals surface area (Å²) in [5, 5.41) is 3.84. The molecule has 0 unspecified atom stereocenters. The van der Waals surface area contributed by atoms with Crippen molar-refractivity contribution in [1.82, 2.24) is 5.16 Å². The first kappa shape index (κ1) is 12.6. The zero-order valence-corrected chi connectivity index (χ0v) is 11.4.